The molecule has 1 unspecified atom stereocenters. The minimum Gasteiger partial charge on any atom is -0.307 e. The van der Waals surface area contributed by atoms with Crippen molar-refractivity contribution in [3.05, 3.63) is 113 Å². The normalized spacial score (nSPS) is 13.8. The molecule has 0 aliphatic heterocycles. The molecule has 0 bridgehead atoms. The SMILES string of the molecule is CCCCc1cccc2c1C(C(=O)N(CC(F)(F)F)c1ccc(NC(=O)c3ccccc3)nc1)c1ccccc1-2. The van der Waals surface area contributed by atoms with Crippen LogP contribution in [0.2, 0.25) is 0 Å². The molecule has 0 spiro atoms. The van der Waals surface area contributed by atoms with E-state index in [4.69, 9.17) is 0 Å². The number of anilines is 2. The van der Waals surface area contributed by atoms with Crippen LogP contribution >= 0.6 is 0 Å². The van der Waals surface area contributed by atoms with E-state index in [9.17, 15) is 22.8 Å². The number of aryl methyl sites for hydroxylation is 1. The van der Waals surface area contributed by atoms with Crippen LogP contribution in [0, 0.1) is 0 Å². The van der Waals surface area contributed by atoms with Crippen LogP contribution in [0.3, 0.4) is 0 Å². The Labute approximate surface area is 230 Å². The van der Waals surface area contributed by atoms with Gasteiger partial charge in [-0.2, -0.15) is 13.2 Å². The summed E-state index contributed by atoms with van der Waals surface area (Å²) >= 11 is 0. The maximum Gasteiger partial charge on any atom is 0.406 e. The Morgan fingerprint density at radius 1 is 0.900 bits per heavy atom. The summed E-state index contributed by atoms with van der Waals surface area (Å²) in [5, 5.41) is 2.63. The summed E-state index contributed by atoms with van der Waals surface area (Å²) in [4.78, 5) is 31.5. The summed E-state index contributed by atoms with van der Waals surface area (Å²) in [7, 11) is 0. The molecule has 1 aliphatic rings. The molecule has 4 aromatic rings. The van der Waals surface area contributed by atoms with Crippen LogP contribution in [-0.2, 0) is 11.2 Å². The fourth-order valence-electron chi connectivity index (χ4n) is 5.21. The van der Waals surface area contributed by atoms with Crippen molar-refractivity contribution < 1.29 is 22.8 Å². The predicted molar refractivity (Wildman–Crippen MR) is 149 cm³/mol. The Bertz CT molecular complexity index is 1520. The Kier molecular flexibility index (Phi) is 7.69. The van der Waals surface area contributed by atoms with E-state index < -0.39 is 30.5 Å². The monoisotopic (exact) mass is 543 g/mol. The van der Waals surface area contributed by atoms with E-state index in [0.717, 1.165) is 46.4 Å². The van der Waals surface area contributed by atoms with Gasteiger partial charge in [-0.15, -0.1) is 0 Å². The second-order valence-electron chi connectivity index (χ2n) is 9.76. The molecule has 1 atom stereocenters. The third-order valence-corrected chi connectivity index (χ3v) is 7.03. The fraction of sp³-hybridized carbons (Fsp3) is 0.219. The average Bonchev–Trinajstić information content (AvgIpc) is 3.30. The van der Waals surface area contributed by atoms with E-state index in [-0.39, 0.29) is 11.5 Å². The molecule has 0 radical (unpaired) electrons. The van der Waals surface area contributed by atoms with Gasteiger partial charge in [0.25, 0.3) is 5.91 Å². The van der Waals surface area contributed by atoms with Gasteiger partial charge in [0.05, 0.1) is 17.8 Å². The van der Waals surface area contributed by atoms with Crippen LogP contribution in [0.4, 0.5) is 24.7 Å². The minimum atomic E-state index is -4.64. The number of pyridine rings is 1. The molecule has 5 rings (SSSR count). The van der Waals surface area contributed by atoms with E-state index >= 15 is 0 Å². The van der Waals surface area contributed by atoms with Crippen molar-refractivity contribution in [3.8, 4) is 11.1 Å². The lowest BCUT2D eigenvalue weighted by Crippen LogP contribution is -2.42. The van der Waals surface area contributed by atoms with Gasteiger partial charge < -0.3 is 10.2 Å². The smallest absolute Gasteiger partial charge is 0.307 e. The van der Waals surface area contributed by atoms with Crippen LogP contribution in [0.1, 0.15) is 52.7 Å². The molecule has 8 heteroatoms. The lowest BCUT2D eigenvalue weighted by Gasteiger charge is -2.28. The standard InChI is InChI=1S/C32H28F3N3O2/c1-2-3-10-21-13-9-16-25-24-14-7-8-15-26(24)29(28(21)25)31(40)38(20-32(33,34)35)23-17-18-27(36-19-23)37-30(39)22-11-5-4-6-12-22/h4-9,11-19,29H,2-3,10,20H2,1H3,(H,36,37,39). The average molecular weight is 544 g/mol. The van der Waals surface area contributed by atoms with E-state index in [0.29, 0.717) is 11.1 Å². The lowest BCUT2D eigenvalue weighted by molar-refractivity contribution is -0.132. The first-order valence-electron chi connectivity index (χ1n) is 13.2. The van der Waals surface area contributed by atoms with Gasteiger partial charge in [0.15, 0.2) is 0 Å². The van der Waals surface area contributed by atoms with Crippen molar-refractivity contribution in [1.29, 1.82) is 0 Å². The summed E-state index contributed by atoms with van der Waals surface area (Å²) in [6.45, 7) is 0.610. The van der Waals surface area contributed by atoms with Crippen molar-refractivity contribution in [2.24, 2.45) is 0 Å². The van der Waals surface area contributed by atoms with Crippen molar-refractivity contribution in [2.75, 3.05) is 16.8 Å². The number of benzene rings is 3. The highest BCUT2D eigenvalue weighted by molar-refractivity contribution is 6.06. The van der Waals surface area contributed by atoms with Gasteiger partial charge in [-0.05, 0) is 64.9 Å². The Hall–Kier alpha value is -4.46. The number of fused-ring (bicyclic) bond motifs is 3. The number of carbonyl (C=O) groups is 2. The van der Waals surface area contributed by atoms with E-state index in [1.165, 1.54) is 18.3 Å². The third kappa shape index (κ3) is 5.61. The van der Waals surface area contributed by atoms with Crippen molar-refractivity contribution in [2.45, 2.75) is 38.3 Å². The van der Waals surface area contributed by atoms with Crippen LogP contribution in [0.5, 0.6) is 0 Å². The summed E-state index contributed by atoms with van der Waals surface area (Å²) in [6, 6.07) is 24.5. The second kappa shape index (κ2) is 11.3. The number of hydrogen-bond acceptors (Lipinski definition) is 3. The largest absolute Gasteiger partial charge is 0.406 e. The molecular weight excluding hydrogens is 515 g/mol. The second-order valence-corrected chi connectivity index (χ2v) is 9.76. The third-order valence-electron chi connectivity index (χ3n) is 7.03. The molecule has 1 aliphatic carbocycles. The summed E-state index contributed by atoms with van der Waals surface area (Å²) < 4.78 is 41.5. The summed E-state index contributed by atoms with van der Waals surface area (Å²) in [5.74, 6) is -1.78. The maximum atomic E-state index is 14.2. The van der Waals surface area contributed by atoms with Gasteiger partial charge in [-0.25, -0.2) is 4.98 Å². The fourth-order valence-corrected chi connectivity index (χ4v) is 5.21. The summed E-state index contributed by atoms with van der Waals surface area (Å²) in [5.41, 5.74) is 4.59. The zero-order chi connectivity index (χ0) is 28.3. The van der Waals surface area contributed by atoms with E-state index in [1.54, 1.807) is 36.4 Å². The molecule has 204 valence electrons. The van der Waals surface area contributed by atoms with Gasteiger partial charge in [-0.3, -0.25) is 9.59 Å². The van der Waals surface area contributed by atoms with E-state index in [2.05, 4.69) is 17.2 Å². The number of nitrogens with zero attached hydrogens (tertiary/aromatic N) is 2. The van der Waals surface area contributed by atoms with Gasteiger partial charge >= 0.3 is 6.18 Å². The molecule has 0 fully saturated rings. The number of unbranched alkanes of at least 4 members (excludes halogenated alkanes) is 1. The zero-order valence-corrected chi connectivity index (χ0v) is 21.9. The zero-order valence-electron chi connectivity index (χ0n) is 21.9. The first-order valence-corrected chi connectivity index (χ1v) is 13.2. The van der Waals surface area contributed by atoms with Crippen LogP contribution < -0.4 is 10.2 Å². The lowest BCUT2D eigenvalue weighted by atomic mass is 9.89. The highest BCUT2D eigenvalue weighted by Gasteiger charge is 2.41. The quantitative estimate of drug-likeness (QED) is 0.252. The number of alkyl halides is 3. The van der Waals surface area contributed by atoms with Crippen molar-refractivity contribution >= 4 is 23.3 Å². The molecule has 3 aromatic carbocycles. The van der Waals surface area contributed by atoms with Crippen molar-refractivity contribution in [3.63, 3.8) is 0 Å². The van der Waals surface area contributed by atoms with Gasteiger partial charge in [-0.1, -0.05) is 74.0 Å². The molecule has 0 saturated heterocycles. The molecule has 1 aromatic heterocycles. The minimum absolute atomic E-state index is 0.00277. The van der Waals surface area contributed by atoms with Crippen LogP contribution in [-0.4, -0.2) is 29.5 Å². The molecule has 1 heterocycles. The number of amides is 2. The topological polar surface area (TPSA) is 62.3 Å². The predicted octanol–water partition coefficient (Wildman–Crippen LogP) is 7.38. The molecule has 5 nitrogen and oxygen atoms in total. The van der Waals surface area contributed by atoms with Gasteiger partial charge in [0, 0.05) is 5.56 Å². The van der Waals surface area contributed by atoms with Crippen LogP contribution in [0.15, 0.2) is 91.1 Å². The number of rotatable bonds is 8. The number of carbonyl (C=O) groups excluding carboxylic acids is 2. The summed E-state index contributed by atoms with van der Waals surface area (Å²) in [6.07, 6.45) is -0.865. The number of nitrogens with one attached hydrogen (secondary N) is 1. The molecule has 40 heavy (non-hydrogen) atoms. The Balaban J connectivity index is 1.50. The molecule has 0 saturated carbocycles. The number of aromatic nitrogens is 1. The first-order chi connectivity index (χ1) is 19.3. The highest BCUT2D eigenvalue weighted by Crippen LogP contribution is 2.48. The Morgan fingerprint density at radius 3 is 2.33 bits per heavy atom. The number of hydrogen-bond donors (Lipinski definition) is 1. The van der Waals surface area contributed by atoms with Crippen molar-refractivity contribution in [1.82, 2.24) is 4.98 Å². The number of halogens is 3. The molecule has 1 N–H and O–H groups in total. The van der Waals surface area contributed by atoms with Gasteiger partial charge in [0.2, 0.25) is 5.91 Å². The maximum absolute atomic E-state index is 14.2. The molecular formula is C32H28F3N3O2. The Morgan fingerprint density at radius 2 is 1.62 bits per heavy atom. The van der Waals surface area contributed by atoms with Crippen LogP contribution in [0.25, 0.3) is 11.1 Å². The highest BCUT2D eigenvalue weighted by atomic mass is 19.4. The van der Waals surface area contributed by atoms with E-state index in [1.807, 2.05) is 36.4 Å². The molecule has 2 amide bonds. The first kappa shape index (κ1) is 27.1. The van der Waals surface area contributed by atoms with Gasteiger partial charge in [0.1, 0.15) is 12.4 Å².